The van der Waals surface area contributed by atoms with Crippen LogP contribution in [0.15, 0.2) is 36.4 Å². The van der Waals surface area contributed by atoms with Crippen molar-refractivity contribution in [2.75, 3.05) is 7.05 Å². The maximum atomic E-state index is 6.12. The molecule has 0 amide bonds. The van der Waals surface area contributed by atoms with Gasteiger partial charge in [0.1, 0.15) is 0 Å². The lowest BCUT2D eigenvalue weighted by molar-refractivity contribution is 0.691. The minimum atomic E-state index is 0.122. The Hall–Kier alpha value is -1.02. The van der Waals surface area contributed by atoms with E-state index in [0.29, 0.717) is 10.0 Å². The standard InChI is InChI=1S/C17H17Cl2N/c1-20-17(14-8-15(18)10-16(19)9-14)13-6-5-11-3-2-4-12(11)7-13/h5-10,17,20H,2-4H2,1H3. The van der Waals surface area contributed by atoms with Crippen molar-refractivity contribution in [3.05, 3.63) is 68.7 Å². The van der Waals surface area contributed by atoms with Crippen LogP contribution in [-0.4, -0.2) is 7.05 Å². The monoisotopic (exact) mass is 305 g/mol. The summed E-state index contributed by atoms with van der Waals surface area (Å²) in [6, 6.07) is 12.6. The Balaban J connectivity index is 2.01. The van der Waals surface area contributed by atoms with Gasteiger partial charge in [-0.3, -0.25) is 0 Å². The number of hydrogen-bond donors (Lipinski definition) is 1. The molecule has 1 aliphatic carbocycles. The third-order valence-corrected chi connectivity index (χ3v) is 4.40. The molecule has 104 valence electrons. The molecule has 0 saturated heterocycles. The van der Waals surface area contributed by atoms with Crippen LogP contribution >= 0.6 is 23.2 Å². The van der Waals surface area contributed by atoms with Crippen molar-refractivity contribution >= 4 is 23.2 Å². The summed E-state index contributed by atoms with van der Waals surface area (Å²) in [7, 11) is 1.96. The highest BCUT2D eigenvalue weighted by molar-refractivity contribution is 6.34. The van der Waals surface area contributed by atoms with Gasteiger partial charge in [0.05, 0.1) is 6.04 Å². The van der Waals surface area contributed by atoms with Gasteiger partial charge in [0.25, 0.3) is 0 Å². The van der Waals surface area contributed by atoms with E-state index in [4.69, 9.17) is 23.2 Å². The second-order valence-electron chi connectivity index (χ2n) is 5.31. The van der Waals surface area contributed by atoms with E-state index in [1.54, 1.807) is 6.07 Å². The van der Waals surface area contributed by atoms with Crippen molar-refractivity contribution in [2.24, 2.45) is 0 Å². The minimum absolute atomic E-state index is 0.122. The second kappa shape index (κ2) is 5.77. The lowest BCUT2D eigenvalue weighted by Gasteiger charge is -2.19. The average molecular weight is 306 g/mol. The van der Waals surface area contributed by atoms with Crippen molar-refractivity contribution in [1.29, 1.82) is 0 Å². The van der Waals surface area contributed by atoms with E-state index >= 15 is 0 Å². The zero-order valence-electron chi connectivity index (χ0n) is 11.4. The molecule has 0 aromatic heterocycles. The van der Waals surface area contributed by atoms with Gasteiger partial charge in [0.15, 0.2) is 0 Å². The molecule has 0 fully saturated rings. The summed E-state index contributed by atoms with van der Waals surface area (Å²) in [4.78, 5) is 0. The number of rotatable bonds is 3. The Labute approximate surface area is 129 Å². The first-order chi connectivity index (χ1) is 9.67. The van der Waals surface area contributed by atoms with E-state index in [-0.39, 0.29) is 6.04 Å². The number of benzene rings is 2. The number of halogens is 2. The van der Waals surface area contributed by atoms with Crippen LogP contribution < -0.4 is 5.32 Å². The van der Waals surface area contributed by atoms with Gasteiger partial charge in [0.2, 0.25) is 0 Å². The number of hydrogen-bond acceptors (Lipinski definition) is 1. The van der Waals surface area contributed by atoms with Gasteiger partial charge < -0.3 is 5.32 Å². The van der Waals surface area contributed by atoms with Crippen molar-refractivity contribution < 1.29 is 0 Å². The normalized spacial score (nSPS) is 15.2. The van der Waals surface area contributed by atoms with E-state index < -0.39 is 0 Å². The number of nitrogens with one attached hydrogen (secondary N) is 1. The molecule has 0 saturated carbocycles. The molecule has 1 aliphatic rings. The lowest BCUT2D eigenvalue weighted by atomic mass is 9.96. The highest BCUT2D eigenvalue weighted by Gasteiger charge is 2.17. The lowest BCUT2D eigenvalue weighted by Crippen LogP contribution is -2.18. The highest BCUT2D eigenvalue weighted by atomic mass is 35.5. The van der Waals surface area contributed by atoms with Gasteiger partial charge in [-0.05, 0) is 66.8 Å². The first-order valence-electron chi connectivity index (χ1n) is 6.92. The van der Waals surface area contributed by atoms with Crippen molar-refractivity contribution in [3.8, 4) is 0 Å². The van der Waals surface area contributed by atoms with Crippen molar-refractivity contribution in [3.63, 3.8) is 0 Å². The Morgan fingerprint density at radius 3 is 2.30 bits per heavy atom. The second-order valence-corrected chi connectivity index (χ2v) is 6.18. The van der Waals surface area contributed by atoms with Gasteiger partial charge in [0, 0.05) is 10.0 Å². The van der Waals surface area contributed by atoms with Crippen LogP contribution in [0.2, 0.25) is 10.0 Å². The van der Waals surface area contributed by atoms with Crippen LogP contribution in [0.3, 0.4) is 0 Å². The van der Waals surface area contributed by atoms with Crippen LogP contribution in [0.25, 0.3) is 0 Å². The SMILES string of the molecule is CNC(c1cc(Cl)cc(Cl)c1)c1ccc2c(c1)CCC2. The van der Waals surface area contributed by atoms with E-state index in [1.165, 1.54) is 36.0 Å². The molecule has 0 spiro atoms. The predicted molar refractivity (Wildman–Crippen MR) is 85.8 cm³/mol. The van der Waals surface area contributed by atoms with Gasteiger partial charge in [-0.25, -0.2) is 0 Å². The number of aryl methyl sites for hydroxylation is 2. The fourth-order valence-corrected chi connectivity index (χ4v) is 3.58. The van der Waals surface area contributed by atoms with Gasteiger partial charge >= 0.3 is 0 Å². The Morgan fingerprint density at radius 2 is 1.60 bits per heavy atom. The van der Waals surface area contributed by atoms with Gasteiger partial charge in [-0.2, -0.15) is 0 Å². The van der Waals surface area contributed by atoms with Crippen molar-refractivity contribution in [1.82, 2.24) is 5.32 Å². The topological polar surface area (TPSA) is 12.0 Å². The fourth-order valence-electron chi connectivity index (χ4n) is 3.04. The summed E-state index contributed by atoms with van der Waals surface area (Å²) in [6.45, 7) is 0. The summed E-state index contributed by atoms with van der Waals surface area (Å²) in [5, 5.41) is 4.71. The molecule has 0 heterocycles. The first-order valence-corrected chi connectivity index (χ1v) is 7.68. The predicted octanol–water partition coefficient (Wildman–Crippen LogP) is 4.79. The third kappa shape index (κ3) is 2.71. The molecule has 2 aromatic rings. The molecule has 0 aliphatic heterocycles. The van der Waals surface area contributed by atoms with Crippen LogP contribution in [0.4, 0.5) is 0 Å². The molecule has 1 N–H and O–H groups in total. The quantitative estimate of drug-likeness (QED) is 0.859. The molecule has 0 bridgehead atoms. The molecule has 3 rings (SSSR count). The summed E-state index contributed by atoms with van der Waals surface area (Å²) in [6.07, 6.45) is 3.67. The van der Waals surface area contributed by atoms with E-state index in [2.05, 4.69) is 23.5 Å². The molecule has 0 radical (unpaired) electrons. The van der Waals surface area contributed by atoms with Gasteiger partial charge in [-0.15, -0.1) is 0 Å². The summed E-state index contributed by atoms with van der Waals surface area (Å²) < 4.78 is 0. The maximum absolute atomic E-state index is 6.12. The zero-order chi connectivity index (χ0) is 14.1. The highest BCUT2D eigenvalue weighted by Crippen LogP contribution is 2.30. The molecule has 1 unspecified atom stereocenters. The average Bonchev–Trinajstić information content (AvgIpc) is 2.86. The van der Waals surface area contributed by atoms with Crippen LogP contribution in [0.1, 0.15) is 34.7 Å². The maximum Gasteiger partial charge on any atom is 0.0575 e. The zero-order valence-corrected chi connectivity index (χ0v) is 12.9. The van der Waals surface area contributed by atoms with Gasteiger partial charge in [-0.1, -0.05) is 41.4 Å². The van der Waals surface area contributed by atoms with Crippen LogP contribution in [0.5, 0.6) is 0 Å². The fraction of sp³-hybridized carbons (Fsp3) is 0.294. The molecular formula is C17H17Cl2N. The van der Waals surface area contributed by atoms with E-state index in [1.807, 2.05) is 19.2 Å². The van der Waals surface area contributed by atoms with Crippen molar-refractivity contribution in [2.45, 2.75) is 25.3 Å². The third-order valence-electron chi connectivity index (χ3n) is 3.96. The summed E-state index contributed by atoms with van der Waals surface area (Å²) >= 11 is 12.2. The first kappa shape index (κ1) is 13.9. The molecule has 3 heteroatoms. The molecule has 20 heavy (non-hydrogen) atoms. The molecule has 1 nitrogen and oxygen atoms in total. The summed E-state index contributed by atoms with van der Waals surface area (Å²) in [5.41, 5.74) is 5.35. The van der Waals surface area contributed by atoms with Crippen LogP contribution in [0, 0.1) is 0 Å². The Morgan fingerprint density at radius 1 is 0.900 bits per heavy atom. The minimum Gasteiger partial charge on any atom is -0.309 e. The largest absolute Gasteiger partial charge is 0.309 e. The molecular weight excluding hydrogens is 289 g/mol. The van der Waals surface area contributed by atoms with Crippen LogP contribution in [-0.2, 0) is 12.8 Å². The number of fused-ring (bicyclic) bond motifs is 1. The molecule has 1 atom stereocenters. The molecule has 2 aromatic carbocycles. The smallest absolute Gasteiger partial charge is 0.0575 e. The Kier molecular flexibility index (Phi) is 4.02. The summed E-state index contributed by atoms with van der Waals surface area (Å²) in [5.74, 6) is 0. The van der Waals surface area contributed by atoms with E-state index in [9.17, 15) is 0 Å². The van der Waals surface area contributed by atoms with E-state index in [0.717, 1.165) is 5.56 Å². The Bertz CT molecular complexity index is 617.